The van der Waals surface area contributed by atoms with E-state index >= 15 is 0 Å². The maximum Gasteiger partial charge on any atom is 0.232 e. The fourth-order valence-corrected chi connectivity index (χ4v) is 5.16. The molecular formula is C28H30O16. The van der Waals surface area contributed by atoms with Gasteiger partial charge in [-0.05, 0) is 30.7 Å². The normalized spacial score (nSPS) is 34.2. The molecule has 0 bridgehead atoms. The third-order valence-electron chi connectivity index (χ3n) is 7.63. The summed E-state index contributed by atoms with van der Waals surface area (Å²) in [4.78, 5) is 27.3. The minimum absolute atomic E-state index is 0.161. The van der Waals surface area contributed by atoms with Crippen molar-refractivity contribution in [3.05, 3.63) is 52.8 Å². The molecule has 2 fully saturated rings. The SMILES string of the molecule is CC1OC(OCC2OC(OC3=C(c4ccc(O)c(O)c4)C(=O)c4cc(O)cc(O)c4C3=O)C(O)C(O)C2O)C(O)C(O)C1O. The number of ketones is 2. The zero-order chi connectivity index (χ0) is 32.2. The molecular weight excluding hydrogens is 592 g/mol. The van der Waals surface area contributed by atoms with Crippen molar-refractivity contribution < 1.29 is 79.6 Å². The van der Waals surface area contributed by atoms with E-state index in [1.165, 1.54) is 6.92 Å². The highest BCUT2D eigenvalue weighted by atomic mass is 16.7. The first kappa shape index (κ1) is 31.6. The van der Waals surface area contributed by atoms with Crippen molar-refractivity contribution in [2.24, 2.45) is 0 Å². The molecule has 0 saturated carbocycles. The molecule has 0 spiro atoms. The van der Waals surface area contributed by atoms with E-state index in [4.69, 9.17) is 18.9 Å². The van der Waals surface area contributed by atoms with Gasteiger partial charge in [0.25, 0.3) is 0 Å². The van der Waals surface area contributed by atoms with Gasteiger partial charge in [-0.2, -0.15) is 0 Å². The van der Waals surface area contributed by atoms with Gasteiger partial charge in [-0.15, -0.1) is 0 Å². The summed E-state index contributed by atoms with van der Waals surface area (Å²) < 4.78 is 22.0. The topological polar surface area (TPSA) is 273 Å². The third-order valence-corrected chi connectivity index (χ3v) is 7.63. The first-order valence-electron chi connectivity index (χ1n) is 13.3. The molecule has 10 unspecified atom stereocenters. The van der Waals surface area contributed by atoms with Gasteiger partial charge in [0, 0.05) is 11.6 Å². The standard InChI is InChI=1S/C28H30O16/c1-8-18(33)22(37)24(39)27(42-8)41-7-15-20(35)23(38)25(40)28(43-15)44-26-16(9-2-3-12(30)13(31)4-9)19(34)11-5-10(29)6-14(32)17(11)21(26)36/h2-6,8,15,18,20,22-25,27-33,35,37-40H,7H2,1H3. The Morgan fingerprint density at radius 1 is 0.705 bits per heavy atom. The number of ether oxygens (including phenoxy) is 4. The highest BCUT2D eigenvalue weighted by Gasteiger charge is 2.49. The Morgan fingerprint density at radius 3 is 2.05 bits per heavy atom. The number of hydrogen-bond acceptors (Lipinski definition) is 16. The Labute approximate surface area is 247 Å². The molecule has 2 heterocycles. The van der Waals surface area contributed by atoms with Crippen molar-refractivity contribution in [1.82, 2.24) is 0 Å². The van der Waals surface area contributed by atoms with Crippen LogP contribution in [0.2, 0.25) is 0 Å². The molecule has 0 amide bonds. The number of phenolic OH excluding ortho intramolecular Hbond substituents is 4. The molecule has 2 saturated heterocycles. The van der Waals surface area contributed by atoms with Crippen LogP contribution in [0.15, 0.2) is 36.1 Å². The summed E-state index contributed by atoms with van der Waals surface area (Å²) in [5.41, 5.74) is -1.70. The molecule has 10 atom stereocenters. The highest BCUT2D eigenvalue weighted by Crippen LogP contribution is 2.41. The summed E-state index contributed by atoms with van der Waals surface area (Å²) >= 11 is 0. The molecule has 44 heavy (non-hydrogen) atoms. The van der Waals surface area contributed by atoms with Crippen LogP contribution in [0.3, 0.4) is 0 Å². The second kappa shape index (κ2) is 11.9. The largest absolute Gasteiger partial charge is 0.508 e. The lowest BCUT2D eigenvalue weighted by Gasteiger charge is -2.42. The number of carbonyl (C=O) groups excluding carboxylic acids is 2. The average molecular weight is 623 g/mol. The molecule has 2 aromatic rings. The van der Waals surface area contributed by atoms with E-state index in [0.717, 1.165) is 30.3 Å². The number of rotatable bonds is 6. The van der Waals surface area contributed by atoms with Crippen LogP contribution in [0.25, 0.3) is 5.57 Å². The minimum atomic E-state index is -2.03. The lowest BCUT2D eigenvalue weighted by Crippen LogP contribution is -2.61. The Bertz CT molecular complexity index is 1490. The number of hydrogen-bond donors (Lipinski definition) is 10. The van der Waals surface area contributed by atoms with Gasteiger partial charge in [-0.1, -0.05) is 6.07 Å². The summed E-state index contributed by atoms with van der Waals surface area (Å²) in [5, 5.41) is 102. The fourth-order valence-electron chi connectivity index (χ4n) is 5.16. The van der Waals surface area contributed by atoms with Crippen LogP contribution in [0, 0.1) is 0 Å². The molecule has 2 aliphatic heterocycles. The molecule has 238 valence electrons. The number of allylic oxidation sites excluding steroid dienone is 2. The molecule has 10 N–H and O–H groups in total. The molecule has 2 aromatic carbocycles. The van der Waals surface area contributed by atoms with Gasteiger partial charge in [0.1, 0.15) is 54.2 Å². The maximum atomic E-state index is 13.6. The second-order valence-corrected chi connectivity index (χ2v) is 10.6. The monoisotopic (exact) mass is 622 g/mol. The number of Topliss-reactive ketones (excluding diaryl/α,β-unsaturated/α-hetero) is 2. The number of aliphatic hydroxyl groups excluding tert-OH is 6. The number of carbonyl (C=O) groups is 2. The highest BCUT2D eigenvalue weighted by molar-refractivity contribution is 6.40. The van der Waals surface area contributed by atoms with E-state index < -0.39 is 125 Å². The number of fused-ring (bicyclic) bond motifs is 1. The summed E-state index contributed by atoms with van der Waals surface area (Å²) in [6.07, 6.45) is -16.6. The van der Waals surface area contributed by atoms with Crippen LogP contribution in [0.1, 0.15) is 33.2 Å². The quantitative estimate of drug-likeness (QED) is 0.156. The summed E-state index contributed by atoms with van der Waals surface area (Å²) in [6, 6.07) is 4.83. The Hall–Kier alpha value is -3.84. The van der Waals surface area contributed by atoms with Crippen molar-refractivity contribution in [2.45, 2.75) is 68.3 Å². The van der Waals surface area contributed by atoms with Crippen LogP contribution in [0.4, 0.5) is 0 Å². The number of aliphatic hydroxyl groups is 6. The molecule has 5 rings (SSSR count). The minimum Gasteiger partial charge on any atom is -0.508 e. The van der Waals surface area contributed by atoms with Crippen LogP contribution < -0.4 is 0 Å². The van der Waals surface area contributed by atoms with Crippen LogP contribution in [-0.4, -0.2) is 131 Å². The molecule has 1 aliphatic carbocycles. The molecule has 16 nitrogen and oxygen atoms in total. The van der Waals surface area contributed by atoms with Crippen molar-refractivity contribution in [1.29, 1.82) is 0 Å². The Kier molecular flexibility index (Phi) is 8.56. The third kappa shape index (κ3) is 5.47. The molecule has 16 heteroatoms. The molecule has 0 aromatic heterocycles. The van der Waals surface area contributed by atoms with E-state index in [1.807, 2.05) is 0 Å². The van der Waals surface area contributed by atoms with Crippen LogP contribution in [0.5, 0.6) is 23.0 Å². The van der Waals surface area contributed by atoms with Gasteiger partial charge in [0.15, 0.2) is 29.3 Å². The predicted molar refractivity (Wildman–Crippen MR) is 141 cm³/mol. The summed E-state index contributed by atoms with van der Waals surface area (Å²) in [7, 11) is 0. The average Bonchev–Trinajstić information content (AvgIpc) is 2.97. The van der Waals surface area contributed by atoms with Gasteiger partial charge in [0.2, 0.25) is 12.1 Å². The van der Waals surface area contributed by atoms with E-state index in [1.54, 1.807) is 0 Å². The van der Waals surface area contributed by atoms with Crippen LogP contribution >= 0.6 is 0 Å². The van der Waals surface area contributed by atoms with E-state index in [0.29, 0.717) is 0 Å². The van der Waals surface area contributed by atoms with E-state index in [2.05, 4.69) is 0 Å². The van der Waals surface area contributed by atoms with Crippen molar-refractivity contribution in [2.75, 3.05) is 6.61 Å². The lowest BCUT2D eigenvalue weighted by molar-refractivity contribution is -0.323. The van der Waals surface area contributed by atoms with E-state index in [9.17, 15) is 60.7 Å². The number of phenols is 4. The second-order valence-electron chi connectivity index (χ2n) is 10.6. The first-order chi connectivity index (χ1) is 20.7. The van der Waals surface area contributed by atoms with Gasteiger partial charge >= 0.3 is 0 Å². The van der Waals surface area contributed by atoms with Crippen molar-refractivity contribution >= 4 is 17.1 Å². The van der Waals surface area contributed by atoms with Gasteiger partial charge < -0.3 is 70.0 Å². The summed E-state index contributed by atoms with van der Waals surface area (Å²) in [6.45, 7) is 0.764. The Morgan fingerprint density at radius 2 is 1.36 bits per heavy atom. The number of aromatic hydroxyl groups is 4. The van der Waals surface area contributed by atoms with Gasteiger partial charge in [-0.3, -0.25) is 9.59 Å². The zero-order valence-corrected chi connectivity index (χ0v) is 22.8. The predicted octanol–water partition coefficient (Wildman–Crippen LogP) is -2.03. The summed E-state index contributed by atoms with van der Waals surface area (Å²) in [5.74, 6) is -5.49. The van der Waals surface area contributed by atoms with E-state index in [-0.39, 0.29) is 5.56 Å². The number of benzene rings is 2. The maximum absolute atomic E-state index is 13.6. The zero-order valence-electron chi connectivity index (χ0n) is 22.8. The first-order valence-corrected chi connectivity index (χ1v) is 13.3. The lowest BCUT2D eigenvalue weighted by atomic mass is 9.84. The fraction of sp³-hybridized carbons (Fsp3) is 0.429. The van der Waals surface area contributed by atoms with Gasteiger partial charge in [-0.25, -0.2) is 0 Å². The van der Waals surface area contributed by atoms with Crippen LogP contribution in [-0.2, 0) is 18.9 Å². The van der Waals surface area contributed by atoms with Crippen molar-refractivity contribution in [3.63, 3.8) is 0 Å². The molecule has 0 radical (unpaired) electrons. The smallest absolute Gasteiger partial charge is 0.232 e. The van der Waals surface area contributed by atoms with Gasteiger partial charge in [0.05, 0.1) is 23.8 Å². The Balaban J connectivity index is 1.47. The van der Waals surface area contributed by atoms with Crippen molar-refractivity contribution in [3.8, 4) is 23.0 Å². The molecule has 3 aliphatic rings.